The normalized spacial score (nSPS) is 32.0. The summed E-state index contributed by atoms with van der Waals surface area (Å²) in [5.74, 6) is 0. The zero-order chi connectivity index (χ0) is 11.7. The second kappa shape index (κ2) is 3.54. The van der Waals surface area contributed by atoms with Crippen LogP contribution >= 0.6 is 0 Å². The van der Waals surface area contributed by atoms with Gasteiger partial charge in [0.05, 0.1) is 5.69 Å². The van der Waals surface area contributed by atoms with Crippen molar-refractivity contribution in [2.24, 2.45) is 0 Å². The van der Waals surface area contributed by atoms with Crippen LogP contribution in [0.5, 0.6) is 0 Å². The van der Waals surface area contributed by atoms with Crippen LogP contribution in [0.1, 0.15) is 0 Å². The van der Waals surface area contributed by atoms with Crippen molar-refractivity contribution >= 4 is 25.7 Å². The first kappa shape index (κ1) is 12.1. The monoisotopic (exact) mass is 255 g/mol. The van der Waals surface area contributed by atoms with Crippen LogP contribution in [0.15, 0.2) is 0 Å². The molecule has 1 fully saturated rings. The number of hydrogen-bond acceptors (Lipinski definition) is 6. The van der Waals surface area contributed by atoms with Crippen LogP contribution in [0.25, 0.3) is 0 Å². The van der Waals surface area contributed by atoms with Crippen molar-refractivity contribution in [3.05, 3.63) is 0 Å². The second-order valence-electron chi connectivity index (χ2n) is 3.60. The first-order valence-electron chi connectivity index (χ1n) is 4.15. The maximum atomic E-state index is 8.94. The Morgan fingerprint density at radius 1 is 0.800 bits per heavy atom. The summed E-state index contributed by atoms with van der Waals surface area (Å²) in [5.41, 5.74) is 5.51. The molecule has 1 atom stereocenters. The molecule has 15 heavy (non-hydrogen) atoms. The molecule has 9 heteroatoms. The van der Waals surface area contributed by atoms with Gasteiger partial charge < -0.3 is 12.3 Å². The Bertz CT molecular complexity index is 393. The number of rotatable bonds is 0. The Kier molecular flexibility index (Phi) is 2.85. The van der Waals surface area contributed by atoms with Crippen LogP contribution in [0.4, 0.5) is 0 Å². The standard InChI is InChI=1S/C6H9N3O3Si3/c1-13(2)10-14(3,4-7)12-15(5-8,6-9)11-13/h1-3H3. The Morgan fingerprint density at radius 2 is 1.33 bits per heavy atom. The minimum absolute atomic E-state index is 1.53. The molecule has 0 saturated carbocycles. The van der Waals surface area contributed by atoms with E-state index in [9.17, 15) is 0 Å². The van der Waals surface area contributed by atoms with Gasteiger partial charge in [-0.1, -0.05) is 0 Å². The SMILES string of the molecule is C[Si]1(C)O[Si](C)(C#N)O[Si](C#N)(C#N)O1. The van der Waals surface area contributed by atoms with Gasteiger partial charge in [-0.25, -0.2) is 5.26 Å². The van der Waals surface area contributed by atoms with Gasteiger partial charge in [-0.3, -0.25) is 0 Å². The highest BCUT2D eigenvalue weighted by Gasteiger charge is 2.60. The van der Waals surface area contributed by atoms with E-state index in [2.05, 4.69) is 0 Å². The average Bonchev–Trinajstić information content (AvgIpc) is 2.15. The number of nitriles is 3. The topological polar surface area (TPSA) is 99.1 Å². The Morgan fingerprint density at radius 3 is 1.73 bits per heavy atom. The third-order valence-electron chi connectivity index (χ3n) is 1.67. The summed E-state index contributed by atoms with van der Waals surface area (Å²) >= 11 is 0. The smallest absolute Gasteiger partial charge is 0.405 e. The second-order valence-corrected chi connectivity index (χ2v) is 12.6. The first-order valence-corrected chi connectivity index (χ1v) is 11.1. The van der Waals surface area contributed by atoms with Crippen molar-refractivity contribution in [1.82, 2.24) is 0 Å². The number of hydrogen-bond donors (Lipinski definition) is 0. The lowest BCUT2D eigenvalue weighted by Crippen LogP contribution is -2.66. The summed E-state index contributed by atoms with van der Waals surface area (Å²) in [4.78, 5) is 0. The van der Waals surface area contributed by atoms with Crippen molar-refractivity contribution in [1.29, 1.82) is 15.8 Å². The molecule has 78 valence electrons. The lowest BCUT2D eigenvalue weighted by Gasteiger charge is -2.40. The summed E-state index contributed by atoms with van der Waals surface area (Å²) in [6.45, 7) is 4.93. The third kappa shape index (κ3) is 2.33. The van der Waals surface area contributed by atoms with E-state index in [-0.39, 0.29) is 0 Å². The van der Waals surface area contributed by atoms with E-state index in [0.717, 1.165) is 0 Å². The van der Waals surface area contributed by atoms with Crippen molar-refractivity contribution in [3.63, 3.8) is 0 Å². The van der Waals surface area contributed by atoms with E-state index >= 15 is 0 Å². The average molecular weight is 255 g/mol. The van der Waals surface area contributed by atoms with Crippen molar-refractivity contribution in [2.45, 2.75) is 19.6 Å². The molecule has 1 heterocycles. The van der Waals surface area contributed by atoms with Gasteiger partial charge in [0.2, 0.25) is 0 Å². The fourth-order valence-electron chi connectivity index (χ4n) is 1.31. The maximum Gasteiger partial charge on any atom is 0.549 e. The van der Waals surface area contributed by atoms with Crippen LogP contribution < -0.4 is 0 Å². The highest BCUT2D eigenvalue weighted by Crippen LogP contribution is 2.29. The summed E-state index contributed by atoms with van der Waals surface area (Å²) in [5, 5.41) is 26.8. The number of nitrogens with zero attached hydrogens (tertiary/aromatic N) is 3. The molecule has 0 radical (unpaired) electrons. The Labute approximate surface area is 91.0 Å². The lowest BCUT2D eigenvalue weighted by molar-refractivity contribution is 0.253. The first-order chi connectivity index (χ1) is 6.80. The predicted octanol–water partition coefficient (Wildman–Crippen LogP) is 0.454. The van der Waals surface area contributed by atoms with E-state index in [4.69, 9.17) is 28.1 Å². The van der Waals surface area contributed by atoms with Gasteiger partial charge >= 0.3 is 25.7 Å². The third-order valence-corrected chi connectivity index (χ3v) is 12.0. The molecular formula is C6H9N3O3Si3. The van der Waals surface area contributed by atoms with Crippen LogP contribution in [-0.4, -0.2) is 25.7 Å². The molecule has 0 aromatic rings. The van der Waals surface area contributed by atoms with Gasteiger partial charge in [0.1, 0.15) is 11.4 Å². The van der Waals surface area contributed by atoms with Gasteiger partial charge in [0.25, 0.3) is 0 Å². The summed E-state index contributed by atoms with van der Waals surface area (Å²) in [6.07, 6.45) is 0. The molecule has 0 N–H and O–H groups in total. The molecule has 1 aliphatic heterocycles. The molecule has 0 aromatic heterocycles. The van der Waals surface area contributed by atoms with Crippen LogP contribution in [0.3, 0.4) is 0 Å². The van der Waals surface area contributed by atoms with E-state index in [0.29, 0.717) is 0 Å². The van der Waals surface area contributed by atoms with Crippen molar-refractivity contribution < 1.29 is 12.3 Å². The minimum atomic E-state index is -3.54. The quantitative estimate of drug-likeness (QED) is 0.583. The van der Waals surface area contributed by atoms with Gasteiger partial charge in [-0.2, -0.15) is 10.5 Å². The molecule has 1 rings (SSSR count). The van der Waals surface area contributed by atoms with Gasteiger partial charge in [0.15, 0.2) is 0 Å². The fraction of sp³-hybridized carbons (Fsp3) is 0.500. The van der Waals surface area contributed by atoms with Crippen LogP contribution in [0.2, 0.25) is 19.6 Å². The zero-order valence-electron chi connectivity index (χ0n) is 8.57. The predicted molar refractivity (Wildman–Crippen MR) is 54.9 cm³/mol. The zero-order valence-corrected chi connectivity index (χ0v) is 11.6. The molecule has 0 aliphatic carbocycles. The summed E-state index contributed by atoms with van der Waals surface area (Å²) < 4.78 is 16.1. The summed E-state index contributed by atoms with van der Waals surface area (Å²) in [6, 6.07) is 0. The maximum absolute atomic E-state index is 8.94. The van der Waals surface area contributed by atoms with E-state index < -0.39 is 25.7 Å². The molecule has 1 saturated heterocycles. The Balaban J connectivity index is 3.15. The molecule has 6 nitrogen and oxygen atoms in total. The lowest BCUT2D eigenvalue weighted by atomic mass is 11.7. The molecule has 0 aromatic carbocycles. The van der Waals surface area contributed by atoms with Gasteiger partial charge in [0, 0.05) is 0 Å². The van der Waals surface area contributed by atoms with E-state index in [1.807, 2.05) is 5.69 Å². The molecule has 1 aliphatic rings. The molecule has 0 amide bonds. The van der Waals surface area contributed by atoms with Crippen LogP contribution in [0, 0.1) is 32.9 Å². The highest BCUT2D eigenvalue weighted by atomic mass is 28.5. The van der Waals surface area contributed by atoms with Crippen molar-refractivity contribution in [3.8, 4) is 17.1 Å². The molecule has 0 spiro atoms. The summed E-state index contributed by atoms with van der Waals surface area (Å²) in [7, 11) is -9.19. The molecule has 1 unspecified atom stereocenters. The van der Waals surface area contributed by atoms with Crippen LogP contribution in [-0.2, 0) is 12.3 Å². The van der Waals surface area contributed by atoms with E-state index in [1.165, 1.54) is 6.55 Å². The fourth-order valence-corrected chi connectivity index (χ4v) is 12.8. The van der Waals surface area contributed by atoms with Gasteiger partial charge in [-0.15, -0.1) is 0 Å². The van der Waals surface area contributed by atoms with E-state index in [1.54, 1.807) is 24.5 Å². The highest BCUT2D eigenvalue weighted by molar-refractivity contribution is 7.01. The molecule has 0 bridgehead atoms. The molecular weight excluding hydrogens is 246 g/mol. The largest absolute Gasteiger partial charge is 0.549 e. The minimum Gasteiger partial charge on any atom is -0.405 e. The Hall–Kier alpha value is -0.999. The van der Waals surface area contributed by atoms with Gasteiger partial charge in [-0.05, 0) is 19.6 Å². The van der Waals surface area contributed by atoms with Crippen molar-refractivity contribution in [2.75, 3.05) is 0 Å².